The summed E-state index contributed by atoms with van der Waals surface area (Å²) in [6.07, 6.45) is 4.54. The van der Waals surface area contributed by atoms with Gasteiger partial charge in [-0.1, -0.05) is 73.8 Å². The lowest BCUT2D eigenvalue weighted by atomic mass is 9.72. The maximum Gasteiger partial charge on any atom is 0.259 e. The molecule has 0 spiro atoms. The van der Waals surface area contributed by atoms with E-state index in [2.05, 4.69) is 26.1 Å². The van der Waals surface area contributed by atoms with E-state index in [1.807, 2.05) is 36.4 Å². The summed E-state index contributed by atoms with van der Waals surface area (Å²) in [5.74, 6) is 0.988. The van der Waals surface area contributed by atoms with Crippen LogP contribution >= 0.6 is 46.1 Å². The molecule has 41 heavy (non-hydrogen) atoms. The number of nitrogens with one attached hydrogen (secondary N) is 1. The largest absolute Gasteiger partial charge is 0.488 e. The van der Waals surface area contributed by atoms with Gasteiger partial charge in [0.15, 0.2) is 0 Å². The average Bonchev–Trinajstić information content (AvgIpc) is 3.31. The molecule has 0 saturated heterocycles. The number of halogens is 3. The van der Waals surface area contributed by atoms with Gasteiger partial charge in [-0.05, 0) is 84.7 Å². The van der Waals surface area contributed by atoms with E-state index in [0.29, 0.717) is 55.2 Å². The molecule has 4 nitrogen and oxygen atoms in total. The van der Waals surface area contributed by atoms with E-state index in [1.54, 1.807) is 47.9 Å². The summed E-state index contributed by atoms with van der Waals surface area (Å²) in [6, 6.07) is 20.1. The van der Waals surface area contributed by atoms with Gasteiger partial charge in [0.05, 0.1) is 5.56 Å². The van der Waals surface area contributed by atoms with Gasteiger partial charge in [-0.25, -0.2) is 4.99 Å². The Morgan fingerprint density at radius 3 is 2.51 bits per heavy atom. The van der Waals surface area contributed by atoms with Gasteiger partial charge in [0.25, 0.3) is 5.91 Å². The molecule has 1 heterocycles. The number of aliphatic imine (C=N–C) groups is 1. The first kappa shape index (κ1) is 29.7. The van der Waals surface area contributed by atoms with Crippen molar-refractivity contribution in [1.82, 2.24) is 0 Å². The fraction of sp³-hybridized carbons (Fsp3) is 0.273. The smallest absolute Gasteiger partial charge is 0.259 e. The Morgan fingerprint density at radius 1 is 1.05 bits per heavy atom. The van der Waals surface area contributed by atoms with E-state index < -0.39 is 0 Å². The highest BCUT2D eigenvalue weighted by Gasteiger charge is 2.33. The third-order valence-corrected chi connectivity index (χ3v) is 9.45. The van der Waals surface area contributed by atoms with E-state index in [4.69, 9.17) is 44.5 Å². The van der Waals surface area contributed by atoms with Gasteiger partial charge in [-0.2, -0.15) is 0 Å². The number of anilines is 1. The molecule has 3 aromatic carbocycles. The number of carbonyl (C=O) groups is 1. The van der Waals surface area contributed by atoms with Crippen LogP contribution in [0.5, 0.6) is 5.75 Å². The number of benzene rings is 3. The highest BCUT2D eigenvalue weighted by Crippen LogP contribution is 2.45. The zero-order valence-electron chi connectivity index (χ0n) is 23.1. The predicted octanol–water partition coefficient (Wildman–Crippen LogP) is 10.4. The summed E-state index contributed by atoms with van der Waals surface area (Å²) in [5.41, 5.74) is 4.19. The summed E-state index contributed by atoms with van der Waals surface area (Å²) < 4.78 is 6.13. The highest BCUT2D eigenvalue weighted by molar-refractivity contribution is 7.16. The van der Waals surface area contributed by atoms with E-state index in [1.165, 1.54) is 4.88 Å². The van der Waals surface area contributed by atoms with Crippen LogP contribution in [0, 0.1) is 11.3 Å². The van der Waals surface area contributed by atoms with Crippen molar-refractivity contribution in [3.8, 4) is 5.75 Å². The Balaban J connectivity index is 1.48. The molecule has 1 aliphatic rings. The van der Waals surface area contributed by atoms with Gasteiger partial charge in [-0.15, -0.1) is 11.3 Å². The first-order chi connectivity index (χ1) is 19.6. The van der Waals surface area contributed by atoms with Crippen molar-refractivity contribution in [3.05, 3.63) is 109 Å². The van der Waals surface area contributed by atoms with E-state index in [0.717, 1.165) is 30.4 Å². The Labute approximate surface area is 260 Å². The maximum atomic E-state index is 13.7. The number of hydrogen-bond donors (Lipinski definition) is 1. The van der Waals surface area contributed by atoms with Gasteiger partial charge in [0.2, 0.25) is 0 Å². The molecule has 0 bridgehead atoms. The zero-order valence-corrected chi connectivity index (χ0v) is 26.2. The number of hydrogen-bond acceptors (Lipinski definition) is 4. The van der Waals surface area contributed by atoms with Crippen LogP contribution in [0.1, 0.15) is 59.1 Å². The normalized spacial score (nSPS) is 15.1. The van der Waals surface area contributed by atoms with Crippen molar-refractivity contribution < 1.29 is 9.53 Å². The SMILES string of the molecule is CC(C)(C)[C@@H]1CCc2c(sc(N=Cc3cc(Cl)ccc3OCc3ccccc3Cl)c2C(=O)Nc2ccc(Cl)cc2)C1. The van der Waals surface area contributed by atoms with E-state index in [-0.39, 0.29) is 11.3 Å². The molecule has 1 aliphatic carbocycles. The molecule has 1 aromatic heterocycles. The molecule has 4 aromatic rings. The number of amides is 1. The lowest BCUT2D eigenvalue weighted by Gasteiger charge is -2.33. The Hall–Kier alpha value is -2.83. The minimum Gasteiger partial charge on any atom is -0.488 e. The third-order valence-electron chi connectivity index (χ3n) is 7.43. The molecule has 212 valence electrons. The van der Waals surface area contributed by atoms with Crippen LogP contribution in [-0.2, 0) is 19.4 Å². The molecule has 0 saturated carbocycles. The molecular formula is C33H31Cl3N2O2S. The predicted molar refractivity (Wildman–Crippen MR) is 173 cm³/mol. The standard InChI is InChI=1S/C33H31Cl3N2O2S/c1-33(2,3)22-8-14-26-29(17-22)41-32(30(26)31(39)38-25-12-9-23(34)10-13-25)37-18-21-16-24(35)11-15-28(21)40-19-20-6-4-5-7-27(20)36/h4-7,9-13,15-16,18,22H,8,14,17,19H2,1-3H3,(H,38,39)/t22-/m1/s1. The monoisotopic (exact) mass is 624 g/mol. The van der Waals surface area contributed by atoms with Crippen LogP contribution in [0.25, 0.3) is 0 Å². The van der Waals surface area contributed by atoms with Crippen LogP contribution in [-0.4, -0.2) is 12.1 Å². The third kappa shape index (κ3) is 7.15. The average molecular weight is 626 g/mol. The number of nitrogens with zero attached hydrogens (tertiary/aromatic N) is 1. The number of ether oxygens (including phenoxy) is 1. The molecule has 0 unspecified atom stereocenters. The maximum absolute atomic E-state index is 13.7. The fourth-order valence-electron chi connectivity index (χ4n) is 5.01. The molecule has 0 aliphatic heterocycles. The molecule has 8 heteroatoms. The molecule has 1 amide bonds. The zero-order chi connectivity index (χ0) is 29.1. The quantitative estimate of drug-likeness (QED) is 0.208. The Bertz CT molecular complexity index is 1590. The minimum absolute atomic E-state index is 0.174. The molecular weight excluding hydrogens is 595 g/mol. The van der Waals surface area contributed by atoms with Crippen molar-refractivity contribution in [3.63, 3.8) is 0 Å². The van der Waals surface area contributed by atoms with Gasteiger partial charge >= 0.3 is 0 Å². The molecule has 0 fully saturated rings. The fourth-order valence-corrected chi connectivity index (χ4v) is 6.78. The van der Waals surface area contributed by atoms with Gasteiger partial charge in [-0.3, -0.25) is 4.79 Å². The van der Waals surface area contributed by atoms with Gasteiger partial charge in [0.1, 0.15) is 17.4 Å². The number of carbonyl (C=O) groups excluding carboxylic acids is 1. The van der Waals surface area contributed by atoms with Crippen molar-refractivity contribution in [2.24, 2.45) is 16.3 Å². The lowest BCUT2D eigenvalue weighted by molar-refractivity contribution is 0.102. The Kier molecular flexibility index (Phi) is 9.10. The molecule has 1 N–H and O–H groups in total. The van der Waals surface area contributed by atoms with E-state index >= 15 is 0 Å². The van der Waals surface area contributed by atoms with Crippen LogP contribution in [0.3, 0.4) is 0 Å². The summed E-state index contributed by atoms with van der Waals surface area (Å²) in [4.78, 5) is 19.8. The highest BCUT2D eigenvalue weighted by atomic mass is 35.5. The van der Waals surface area contributed by atoms with Crippen LogP contribution in [0.4, 0.5) is 10.7 Å². The molecule has 0 radical (unpaired) electrons. The molecule has 1 atom stereocenters. The first-order valence-electron chi connectivity index (χ1n) is 13.5. The Morgan fingerprint density at radius 2 is 1.78 bits per heavy atom. The van der Waals surface area contributed by atoms with Gasteiger partial charge < -0.3 is 10.1 Å². The number of fused-ring (bicyclic) bond motifs is 1. The van der Waals surface area contributed by atoms with Crippen molar-refractivity contribution in [2.45, 2.75) is 46.6 Å². The summed E-state index contributed by atoms with van der Waals surface area (Å²) >= 11 is 20.3. The van der Waals surface area contributed by atoms with E-state index in [9.17, 15) is 4.79 Å². The summed E-state index contributed by atoms with van der Waals surface area (Å²) in [5, 5.41) is 5.54. The lowest BCUT2D eigenvalue weighted by Crippen LogP contribution is -2.27. The number of rotatable bonds is 7. The second kappa shape index (κ2) is 12.6. The summed E-state index contributed by atoms with van der Waals surface area (Å²) in [7, 11) is 0. The first-order valence-corrected chi connectivity index (χ1v) is 15.4. The minimum atomic E-state index is -0.174. The topological polar surface area (TPSA) is 50.7 Å². The van der Waals surface area contributed by atoms with Crippen molar-refractivity contribution in [1.29, 1.82) is 0 Å². The summed E-state index contributed by atoms with van der Waals surface area (Å²) in [6.45, 7) is 7.16. The second-order valence-electron chi connectivity index (χ2n) is 11.3. The van der Waals surface area contributed by atoms with Crippen LogP contribution < -0.4 is 10.1 Å². The molecule has 5 rings (SSSR count). The van der Waals surface area contributed by atoms with Crippen molar-refractivity contribution in [2.75, 3.05) is 5.32 Å². The second-order valence-corrected chi connectivity index (χ2v) is 13.6. The van der Waals surface area contributed by atoms with Crippen molar-refractivity contribution >= 4 is 68.9 Å². The van der Waals surface area contributed by atoms with Gasteiger partial charge in [0, 0.05) is 43.0 Å². The van der Waals surface area contributed by atoms with Crippen LogP contribution in [0.2, 0.25) is 15.1 Å². The van der Waals surface area contributed by atoms with Crippen LogP contribution in [0.15, 0.2) is 71.7 Å². The number of thiophene rings is 1.